The summed E-state index contributed by atoms with van der Waals surface area (Å²) in [6.07, 6.45) is 0. The number of carbonyl (C=O) groups excluding carboxylic acids is 2. The van der Waals surface area contributed by atoms with Crippen molar-refractivity contribution < 1.29 is 19.1 Å². The van der Waals surface area contributed by atoms with Crippen LogP contribution in [0.5, 0.6) is 5.75 Å². The van der Waals surface area contributed by atoms with E-state index in [9.17, 15) is 9.59 Å². The molecule has 0 fully saturated rings. The van der Waals surface area contributed by atoms with Crippen molar-refractivity contribution in [3.8, 4) is 11.8 Å². The van der Waals surface area contributed by atoms with E-state index in [1.54, 1.807) is 12.1 Å². The van der Waals surface area contributed by atoms with Gasteiger partial charge in [-0.05, 0) is 47.2 Å². The molecule has 1 aliphatic heterocycles. The number of carbonyl (C=O) groups is 2. The van der Waals surface area contributed by atoms with Crippen LogP contribution in [0.15, 0.2) is 59.3 Å². The van der Waals surface area contributed by atoms with E-state index in [0.29, 0.717) is 28.2 Å². The lowest BCUT2D eigenvalue weighted by molar-refractivity contribution is -0.136. The summed E-state index contributed by atoms with van der Waals surface area (Å²) in [6, 6.07) is 14.8. The number of nitrogens with one attached hydrogen (secondary N) is 1. The Balaban J connectivity index is 1.89. The van der Waals surface area contributed by atoms with E-state index >= 15 is 0 Å². The van der Waals surface area contributed by atoms with Crippen LogP contribution in [0.3, 0.4) is 0 Å². The first-order valence-electron chi connectivity index (χ1n) is 9.21. The topological polar surface area (TPSA) is 88.4 Å². The molecule has 150 valence electrons. The van der Waals surface area contributed by atoms with Gasteiger partial charge >= 0.3 is 5.97 Å². The van der Waals surface area contributed by atoms with Gasteiger partial charge < -0.3 is 14.8 Å². The van der Waals surface area contributed by atoms with Crippen molar-refractivity contribution in [1.82, 2.24) is 5.32 Å². The van der Waals surface area contributed by atoms with E-state index in [1.165, 1.54) is 7.11 Å². The monoisotopic (exact) mass is 512 g/mol. The van der Waals surface area contributed by atoms with Crippen molar-refractivity contribution in [2.45, 2.75) is 12.8 Å². The Kier molecular flexibility index (Phi) is 5.35. The molecule has 1 atom stereocenters. The maximum Gasteiger partial charge on any atom is 0.336 e. The molecule has 4 rings (SSSR count). The van der Waals surface area contributed by atoms with Crippen molar-refractivity contribution in [3.63, 3.8) is 0 Å². The molecule has 2 aliphatic rings. The lowest BCUT2D eigenvalue weighted by atomic mass is 9.80. The number of halogens is 1. The molecule has 0 spiro atoms. The molecule has 2 aromatic carbocycles. The SMILES string of the molecule is COC(=O)C1=C(C)NC2=C(C(=O)c3ccccc32)[C@H]1c1ccc(OCC#N)c(I)c1. The normalized spacial score (nSPS) is 17.1. The second-order valence-electron chi connectivity index (χ2n) is 6.89. The molecule has 2 aromatic rings. The Morgan fingerprint density at radius 1 is 1.23 bits per heavy atom. The number of benzene rings is 2. The molecule has 7 heteroatoms. The minimum Gasteiger partial charge on any atom is -0.478 e. The smallest absolute Gasteiger partial charge is 0.336 e. The summed E-state index contributed by atoms with van der Waals surface area (Å²) in [6.45, 7) is 1.75. The molecule has 1 aliphatic carbocycles. The number of allylic oxidation sites excluding steroid dienone is 2. The third-order valence-electron chi connectivity index (χ3n) is 5.24. The van der Waals surface area contributed by atoms with E-state index in [2.05, 4.69) is 27.9 Å². The minimum absolute atomic E-state index is 0.0573. The highest BCUT2D eigenvalue weighted by Gasteiger charge is 2.42. The number of hydrogen-bond donors (Lipinski definition) is 1. The molecular formula is C23H17IN2O4. The molecule has 0 saturated carbocycles. The molecule has 0 amide bonds. The predicted octanol–water partition coefficient (Wildman–Crippen LogP) is 3.93. The van der Waals surface area contributed by atoms with Gasteiger partial charge in [0.05, 0.1) is 22.0 Å². The van der Waals surface area contributed by atoms with Crippen molar-refractivity contribution in [1.29, 1.82) is 5.26 Å². The Bertz CT molecular complexity index is 1190. The van der Waals surface area contributed by atoms with E-state index < -0.39 is 11.9 Å². The molecule has 0 radical (unpaired) electrons. The van der Waals surface area contributed by atoms with Crippen molar-refractivity contribution in [2.24, 2.45) is 0 Å². The van der Waals surface area contributed by atoms with Crippen LogP contribution in [0.2, 0.25) is 0 Å². The first-order valence-corrected chi connectivity index (χ1v) is 10.3. The van der Waals surface area contributed by atoms with E-state index in [0.717, 1.165) is 20.4 Å². The largest absolute Gasteiger partial charge is 0.478 e. The number of Topliss-reactive ketones (excluding diaryl/α,β-unsaturated/α-hetero) is 1. The number of methoxy groups -OCH3 is 1. The van der Waals surface area contributed by atoms with Crippen LogP contribution in [0.25, 0.3) is 5.70 Å². The third kappa shape index (κ3) is 3.17. The van der Waals surface area contributed by atoms with Gasteiger partial charge in [0, 0.05) is 28.3 Å². The van der Waals surface area contributed by atoms with Crippen molar-refractivity contribution in [3.05, 3.63) is 79.6 Å². The highest BCUT2D eigenvalue weighted by molar-refractivity contribution is 14.1. The molecule has 0 saturated heterocycles. The lowest BCUT2D eigenvalue weighted by Gasteiger charge is -2.29. The third-order valence-corrected chi connectivity index (χ3v) is 6.08. The summed E-state index contributed by atoms with van der Waals surface area (Å²) in [4.78, 5) is 26.0. The molecule has 1 N–H and O–H groups in total. The molecule has 6 nitrogen and oxygen atoms in total. The summed E-state index contributed by atoms with van der Waals surface area (Å²) < 4.78 is 11.3. The van der Waals surface area contributed by atoms with Crippen LogP contribution in [-0.2, 0) is 9.53 Å². The van der Waals surface area contributed by atoms with Crippen LogP contribution in [-0.4, -0.2) is 25.5 Å². The molecule has 0 bridgehead atoms. The number of nitrogens with zero attached hydrogens (tertiary/aromatic N) is 1. The maximum atomic E-state index is 13.3. The maximum absolute atomic E-state index is 13.3. The fourth-order valence-corrected chi connectivity index (χ4v) is 4.66. The van der Waals surface area contributed by atoms with Crippen LogP contribution in [0.4, 0.5) is 0 Å². The fourth-order valence-electron chi connectivity index (χ4n) is 3.97. The second kappa shape index (κ2) is 7.95. The van der Waals surface area contributed by atoms with Gasteiger partial charge in [-0.2, -0.15) is 5.26 Å². The number of fused-ring (bicyclic) bond motifs is 2. The van der Waals surface area contributed by atoms with Gasteiger partial charge in [0.15, 0.2) is 12.4 Å². The number of dihydropyridines is 1. The summed E-state index contributed by atoms with van der Waals surface area (Å²) in [5, 5.41) is 12.0. The molecular weight excluding hydrogens is 495 g/mol. The Hall–Kier alpha value is -3.12. The summed E-state index contributed by atoms with van der Waals surface area (Å²) >= 11 is 2.12. The average Bonchev–Trinajstić information content (AvgIpc) is 3.03. The standard InChI is InChI=1S/C23H17IN2O4/c1-12-18(23(28)29-2)19(13-7-8-17(16(24)11-13)30-10-9-25)20-21(26-12)14-5-3-4-6-15(14)22(20)27/h3-8,11,19,26H,10H2,1-2H3/t19-/m0/s1. The Labute approximate surface area is 187 Å². The zero-order valence-corrected chi connectivity index (χ0v) is 18.4. The zero-order chi connectivity index (χ0) is 21.4. The van der Waals surface area contributed by atoms with Gasteiger partial charge in [0.2, 0.25) is 0 Å². The summed E-state index contributed by atoms with van der Waals surface area (Å²) in [7, 11) is 1.33. The number of ketones is 1. The lowest BCUT2D eigenvalue weighted by Crippen LogP contribution is -2.29. The summed E-state index contributed by atoms with van der Waals surface area (Å²) in [5.74, 6) is -0.593. The number of esters is 1. The van der Waals surface area contributed by atoms with E-state index in [1.807, 2.05) is 43.3 Å². The number of ether oxygens (including phenoxy) is 2. The molecule has 30 heavy (non-hydrogen) atoms. The van der Waals surface area contributed by atoms with Gasteiger partial charge in [0.1, 0.15) is 11.8 Å². The Morgan fingerprint density at radius 2 is 1.97 bits per heavy atom. The number of hydrogen-bond acceptors (Lipinski definition) is 6. The highest BCUT2D eigenvalue weighted by Crippen LogP contribution is 2.47. The second-order valence-corrected chi connectivity index (χ2v) is 8.05. The highest BCUT2D eigenvalue weighted by atomic mass is 127. The van der Waals surface area contributed by atoms with Gasteiger partial charge in [0.25, 0.3) is 0 Å². The number of rotatable bonds is 4. The zero-order valence-electron chi connectivity index (χ0n) is 16.3. The van der Waals surface area contributed by atoms with Gasteiger partial charge in [-0.3, -0.25) is 4.79 Å². The predicted molar refractivity (Wildman–Crippen MR) is 119 cm³/mol. The summed E-state index contributed by atoms with van der Waals surface area (Å²) in [5.41, 5.74) is 4.53. The number of nitriles is 1. The Morgan fingerprint density at radius 3 is 2.63 bits per heavy atom. The quantitative estimate of drug-likeness (QED) is 0.494. The van der Waals surface area contributed by atoms with Crippen LogP contribution in [0.1, 0.15) is 34.3 Å². The first-order chi connectivity index (χ1) is 14.5. The van der Waals surface area contributed by atoms with Gasteiger partial charge in [-0.25, -0.2) is 4.79 Å². The molecule has 1 heterocycles. The molecule has 0 aromatic heterocycles. The first kappa shape index (κ1) is 20.2. The van der Waals surface area contributed by atoms with Crippen molar-refractivity contribution in [2.75, 3.05) is 13.7 Å². The van der Waals surface area contributed by atoms with E-state index in [-0.39, 0.29) is 12.4 Å². The molecule has 0 unspecified atom stereocenters. The fraction of sp³-hybridized carbons (Fsp3) is 0.174. The van der Waals surface area contributed by atoms with E-state index in [4.69, 9.17) is 14.7 Å². The van der Waals surface area contributed by atoms with Crippen LogP contribution < -0.4 is 10.1 Å². The van der Waals surface area contributed by atoms with Crippen LogP contribution >= 0.6 is 22.6 Å². The van der Waals surface area contributed by atoms with Crippen LogP contribution in [0, 0.1) is 14.9 Å². The van der Waals surface area contributed by atoms with Gasteiger partial charge in [-0.15, -0.1) is 0 Å². The van der Waals surface area contributed by atoms with Crippen molar-refractivity contribution >= 4 is 40.0 Å². The minimum atomic E-state index is -0.577. The average molecular weight is 512 g/mol. The van der Waals surface area contributed by atoms with Gasteiger partial charge in [-0.1, -0.05) is 30.3 Å².